The smallest absolute Gasteiger partial charge is 0.145 e. The maximum Gasteiger partial charge on any atom is 0.145 e. The molecule has 0 amide bonds. The fraction of sp³-hybridized carbons (Fsp3) is 0.0517. The highest BCUT2D eigenvalue weighted by molar-refractivity contribution is 6.28. The number of hydrogen-bond donors (Lipinski definition) is 1. The van der Waals surface area contributed by atoms with E-state index in [9.17, 15) is 0 Å². The van der Waals surface area contributed by atoms with Crippen LogP contribution in [0.1, 0.15) is 39.4 Å². The Morgan fingerprint density at radius 3 is 1.97 bits per heavy atom. The van der Waals surface area contributed by atoms with Gasteiger partial charge in [-0.3, -0.25) is 4.90 Å². The quantitative estimate of drug-likeness (QED) is 0.174. The largest absolute Gasteiger partial charge is 0.358 e. The molecule has 4 heteroatoms. The first-order chi connectivity index (χ1) is 30.7. The number of nitrogens with zero attached hydrogens (tertiary/aromatic N) is 3. The van der Waals surface area contributed by atoms with Crippen LogP contribution in [0.2, 0.25) is 0 Å². The Morgan fingerprint density at radius 2 is 1.18 bits per heavy atom. The molecule has 2 aliphatic rings. The van der Waals surface area contributed by atoms with Crippen molar-refractivity contribution in [2.24, 2.45) is 4.99 Å². The molecule has 0 fully saturated rings. The Labute approximate surface area is 361 Å². The number of hydrogen-bond acceptors (Lipinski definition) is 3. The zero-order valence-electron chi connectivity index (χ0n) is 34.3. The lowest BCUT2D eigenvalue weighted by Crippen LogP contribution is -2.38. The predicted molar refractivity (Wildman–Crippen MR) is 260 cm³/mol. The number of anilines is 2. The van der Waals surface area contributed by atoms with Gasteiger partial charge in [0.05, 0.1) is 22.8 Å². The molecule has 9 aromatic carbocycles. The van der Waals surface area contributed by atoms with Crippen molar-refractivity contribution >= 4 is 66.6 Å². The van der Waals surface area contributed by atoms with Crippen LogP contribution in [0.15, 0.2) is 223 Å². The molecule has 10 aromatic rings. The van der Waals surface area contributed by atoms with E-state index in [2.05, 4.69) is 234 Å². The molecule has 1 unspecified atom stereocenters. The maximum atomic E-state index is 5.65. The van der Waals surface area contributed by atoms with Crippen molar-refractivity contribution in [3.8, 4) is 5.69 Å². The van der Waals surface area contributed by atoms with Gasteiger partial charge in [0.15, 0.2) is 0 Å². The molecule has 4 nitrogen and oxygen atoms in total. The van der Waals surface area contributed by atoms with E-state index in [0.29, 0.717) is 0 Å². The van der Waals surface area contributed by atoms with Gasteiger partial charge < -0.3 is 9.88 Å². The minimum absolute atomic E-state index is 0.100. The van der Waals surface area contributed by atoms with Gasteiger partial charge in [0.2, 0.25) is 0 Å². The van der Waals surface area contributed by atoms with Crippen LogP contribution in [0.5, 0.6) is 0 Å². The van der Waals surface area contributed by atoms with Crippen molar-refractivity contribution in [3.05, 3.63) is 251 Å². The highest BCUT2D eigenvalue weighted by Gasteiger charge is 2.34. The zero-order valence-corrected chi connectivity index (χ0v) is 34.3. The van der Waals surface area contributed by atoms with E-state index in [1.54, 1.807) is 0 Å². The van der Waals surface area contributed by atoms with Crippen LogP contribution >= 0.6 is 0 Å². The molecular formula is C58H42N4. The monoisotopic (exact) mass is 794 g/mol. The molecule has 1 aliphatic carbocycles. The van der Waals surface area contributed by atoms with E-state index in [4.69, 9.17) is 4.99 Å². The van der Waals surface area contributed by atoms with Crippen molar-refractivity contribution in [2.75, 3.05) is 4.90 Å². The predicted octanol–water partition coefficient (Wildman–Crippen LogP) is 14.2. The Balaban J connectivity index is 1.20. The van der Waals surface area contributed by atoms with E-state index in [1.807, 2.05) is 0 Å². The minimum atomic E-state index is -0.100. The first-order valence-electron chi connectivity index (χ1n) is 21.5. The third-order valence-corrected chi connectivity index (χ3v) is 12.8. The number of aryl methyl sites for hydroxylation is 1. The number of fused-ring (bicyclic) bond motifs is 10. The van der Waals surface area contributed by atoms with E-state index in [0.717, 1.165) is 51.7 Å². The fourth-order valence-electron chi connectivity index (χ4n) is 10.1. The number of para-hydroxylation sites is 2. The van der Waals surface area contributed by atoms with Gasteiger partial charge in [0.25, 0.3) is 0 Å². The maximum absolute atomic E-state index is 5.65. The second-order valence-electron chi connectivity index (χ2n) is 16.4. The Hall–Kier alpha value is -7.95. The number of amidine groups is 1. The summed E-state index contributed by atoms with van der Waals surface area (Å²) < 4.78 is 2.53. The van der Waals surface area contributed by atoms with Crippen LogP contribution in [-0.2, 0) is 6.42 Å². The average molecular weight is 795 g/mol. The van der Waals surface area contributed by atoms with E-state index >= 15 is 0 Å². The molecule has 2 heterocycles. The fourth-order valence-corrected chi connectivity index (χ4v) is 10.1. The first kappa shape index (κ1) is 35.9. The Kier molecular flexibility index (Phi) is 8.49. The number of aliphatic imine (C=N–C) groups is 1. The van der Waals surface area contributed by atoms with Gasteiger partial charge in [0, 0.05) is 49.4 Å². The number of benzene rings is 9. The van der Waals surface area contributed by atoms with Crippen molar-refractivity contribution in [2.45, 2.75) is 19.4 Å². The van der Waals surface area contributed by atoms with Gasteiger partial charge in [-0.25, -0.2) is 4.99 Å². The SMILES string of the molecule is Cc1c(N(C2=C3C=Cc4ccccc4C3NC(c3ccccc3)=N2)c2ccccc2)c2ccccc2c2c1c1ccc3c(Cc4ccccc4)cccc3c1n2-c1ccccc1. The molecule has 1 N–H and O–H groups in total. The van der Waals surface area contributed by atoms with Crippen LogP contribution in [0.25, 0.3) is 55.1 Å². The second-order valence-corrected chi connectivity index (χ2v) is 16.4. The third kappa shape index (κ3) is 5.72. The van der Waals surface area contributed by atoms with Crippen LogP contribution in [0, 0.1) is 6.92 Å². The molecular weight excluding hydrogens is 753 g/mol. The summed E-state index contributed by atoms with van der Waals surface area (Å²) >= 11 is 0. The van der Waals surface area contributed by atoms with E-state index in [-0.39, 0.29) is 6.04 Å². The van der Waals surface area contributed by atoms with Crippen LogP contribution in [0.3, 0.4) is 0 Å². The van der Waals surface area contributed by atoms with Gasteiger partial charge in [-0.2, -0.15) is 0 Å². The molecule has 1 aliphatic heterocycles. The second kappa shape index (κ2) is 14.6. The highest BCUT2D eigenvalue weighted by atomic mass is 15.3. The molecule has 12 rings (SSSR count). The van der Waals surface area contributed by atoms with Gasteiger partial charge in [-0.15, -0.1) is 0 Å². The standard InChI is InChI=1S/C58H42N4/c1-38-52-50-36-35-45-42(37-39-19-6-2-7-20-39)24-18-32-47(45)55(50)61(43-25-10-4-11-26-43)56(52)49-31-17-16-30-48(49)54(38)62(44-27-12-5-13-28-44)58-51-34-33-40-21-14-15-29-46(40)53(51)59-57(60-58)41-22-8-3-9-23-41/h2-36,53H,37H2,1H3,(H,59,60). The summed E-state index contributed by atoms with van der Waals surface area (Å²) in [6.45, 7) is 2.32. The van der Waals surface area contributed by atoms with Crippen LogP contribution in [0.4, 0.5) is 11.4 Å². The Morgan fingerprint density at radius 1 is 0.548 bits per heavy atom. The van der Waals surface area contributed by atoms with Crippen molar-refractivity contribution < 1.29 is 0 Å². The van der Waals surface area contributed by atoms with E-state index in [1.165, 1.54) is 65.8 Å². The van der Waals surface area contributed by atoms with Gasteiger partial charge >= 0.3 is 0 Å². The van der Waals surface area contributed by atoms with Gasteiger partial charge in [-0.1, -0.05) is 188 Å². The zero-order chi connectivity index (χ0) is 41.1. The molecule has 1 aromatic heterocycles. The molecule has 0 radical (unpaired) electrons. The topological polar surface area (TPSA) is 32.6 Å². The highest BCUT2D eigenvalue weighted by Crippen LogP contribution is 2.50. The summed E-state index contributed by atoms with van der Waals surface area (Å²) in [6.07, 6.45) is 5.38. The third-order valence-electron chi connectivity index (χ3n) is 12.8. The molecule has 294 valence electrons. The molecule has 62 heavy (non-hydrogen) atoms. The molecule has 1 atom stereocenters. The van der Waals surface area contributed by atoms with Gasteiger partial charge in [-0.05, 0) is 70.8 Å². The van der Waals surface area contributed by atoms with Crippen LogP contribution < -0.4 is 10.2 Å². The minimum Gasteiger partial charge on any atom is -0.358 e. The lowest BCUT2D eigenvalue weighted by molar-refractivity contribution is 0.721. The lowest BCUT2D eigenvalue weighted by atomic mass is 9.87. The summed E-state index contributed by atoms with van der Waals surface area (Å²) in [5.41, 5.74) is 14.2. The van der Waals surface area contributed by atoms with Crippen LogP contribution in [-0.4, -0.2) is 10.4 Å². The molecule has 0 bridgehead atoms. The molecule has 0 saturated heterocycles. The van der Waals surface area contributed by atoms with Crippen molar-refractivity contribution in [1.82, 2.24) is 9.88 Å². The average Bonchev–Trinajstić information content (AvgIpc) is 3.70. The normalized spacial score (nSPS) is 14.5. The Bertz CT molecular complexity index is 3450. The molecule has 0 saturated carbocycles. The summed E-state index contributed by atoms with van der Waals surface area (Å²) in [4.78, 5) is 8.08. The summed E-state index contributed by atoms with van der Waals surface area (Å²) in [5, 5.41) is 11.2. The first-order valence-corrected chi connectivity index (χ1v) is 21.5. The lowest BCUT2D eigenvalue weighted by Gasteiger charge is -2.37. The van der Waals surface area contributed by atoms with Crippen molar-refractivity contribution in [1.29, 1.82) is 0 Å². The van der Waals surface area contributed by atoms with E-state index < -0.39 is 0 Å². The number of rotatable bonds is 7. The summed E-state index contributed by atoms with van der Waals surface area (Å²) in [5.74, 6) is 1.75. The summed E-state index contributed by atoms with van der Waals surface area (Å²) in [7, 11) is 0. The van der Waals surface area contributed by atoms with Gasteiger partial charge in [0.1, 0.15) is 11.7 Å². The number of nitrogens with one attached hydrogen (secondary N) is 1. The van der Waals surface area contributed by atoms with Crippen molar-refractivity contribution in [3.63, 3.8) is 0 Å². The number of aromatic nitrogens is 1. The molecule has 0 spiro atoms. The summed E-state index contributed by atoms with van der Waals surface area (Å²) in [6, 6.07) is 72.2.